The van der Waals surface area contributed by atoms with Gasteiger partial charge in [-0.25, -0.2) is 14.2 Å². The SMILES string of the molecule is CCNC(=O)N(CCOC)CC(=O)N1N=C(c2ccccc2F)C[C@H]1c1ccccc1OC. The van der Waals surface area contributed by atoms with Crippen LogP contribution in [0, 0.1) is 5.82 Å². The molecule has 9 heteroatoms. The third-order valence-corrected chi connectivity index (χ3v) is 5.36. The zero-order chi connectivity index (χ0) is 23.8. The third kappa shape index (κ3) is 5.67. The topological polar surface area (TPSA) is 83.5 Å². The lowest BCUT2D eigenvalue weighted by Gasteiger charge is -2.27. The van der Waals surface area contributed by atoms with Crippen LogP contribution < -0.4 is 10.1 Å². The lowest BCUT2D eigenvalue weighted by Crippen LogP contribution is -2.47. The van der Waals surface area contributed by atoms with Crippen LogP contribution in [0.5, 0.6) is 5.75 Å². The second kappa shape index (κ2) is 11.4. The van der Waals surface area contributed by atoms with Crippen LogP contribution in [0.2, 0.25) is 0 Å². The first-order valence-corrected chi connectivity index (χ1v) is 10.8. The first-order valence-electron chi connectivity index (χ1n) is 10.8. The Hall–Kier alpha value is -3.46. The van der Waals surface area contributed by atoms with Crippen LogP contribution in [0.1, 0.15) is 30.5 Å². The van der Waals surface area contributed by atoms with E-state index < -0.39 is 11.9 Å². The van der Waals surface area contributed by atoms with Gasteiger partial charge in [0.25, 0.3) is 5.91 Å². The van der Waals surface area contributed by atoms with Gasteiger partial charge in [0.2, 0.25) is 0 Å². The van der Waals surface area contributed by atoms with Crippen LogP contribution in [0.4, 0.5) is 9.18 Å². The summed E-state index contributed by atoms with van der Waals surface area (Å²) in [5.41, 5.74) is 1.55. The molecule has 3 amide bonds. The summed E-state index contributed by atoms with van der Waals surface area (Å²) in [5, 5.41) is 8.55. The number of carbonyl (C=O) groups is 2. The Morgan fingerprint density at radius 3 is 2.61 bits per heavy atom. The minimum absolute atomic E-state index is 0.200. The summed E-state index contributed by atoms with van der Waals surface area (Å²) in [4.78, 5) is 27.2. The number of rotatable bonds is 9. The van der Waals surface area contributed by atoms with E-state index in [9.17, 15) is 14.0 Å². The van der Waals surface area contributed by atoms with Crippen molar-refractivity contribution in [3.63, 3.8) is 0 Å². The maximum atomic E-state index is 14.5. The van der Waals surface area contributed by atoms with Gasteiger partial charge in [0.15, 0.2) is 0 Å². The molecule has 0 radical (unpaired) electrons. The number of hydrazone groups is 1. The molecule has 2 aromatic rings. The highest BCUT2D eigenvalue weighted by Gasteiger charge is 2.36. The summed E-state index contributed by atoms with van der Waals surface area (Å²) < 4.78 is 25.1. The Labute approximate surface area is 193 Å². The molecule has 2 aromatic carbocycles. The second-order valence-electron chi connectivity index (χ2n) is 7.48. The number of hydrogen-bond acceptors (Lipinski definition) is 5. The van der Waals surface area contributed by atoms with Crippen LogP contribution in [-0.2, 0) is 9.53 Å². The van der Waals surface area contributed by atoms with E-state index in [4.69, 9.17) is 9.47 Å². The van der Waals surface area contributed by atoms with Crippen molar-refractivity contribution in [3.05, 3.63) is 65.5 Å². The third-order valence-electron chi connectivity index (χ3n) is 5.36. The van der Waals surface area contributed by atoms with Crippen molar-refractivity contribution in [1.29, 1.82) is 0 Å². The van der Waals surface area contributed by atoms with Crippen LogP contribution in [0.3, 0.4) is 0 Å². The Bertz CT molecular complexity index is 1010. The number of para-hydroxylation sites is 1. The van der Waals surface area contributed by atoms with E-state index in [-0.39, 0.29) is 31.6 Å². The number of methoxy groups -OCH3 is 2. The monoisotopic (exact) mass is 456 g/mol. The molecule has 3 rings (SSSR count). The van der Waals surface area contributed by atoms with Crippen molar-refractivity contribution in [1.82, 2.24) is 15.2 Å². The van der Waals surface area contributed by atoms with Gasteiger partial charge in [0.05, 0.1) is 25.5 Å². The lowest BCUT2D eigenvalue weighted by atomic mass is 9.97. The Kier molecular flexibility index (Phi) is 8.37. The predicted octanol–water partition coefficient (Wildman–Crippen LogP) is 3.19. The van der Waals surface area contributed by atoms with Crippen molar-refractivity contribution in [3.8, 4) is 5.75 Å². The molecule has 0 saturated carbocycles. The lowest BCUT2D eigenvalue weighted by molar-refractivity contribution is -0.133. The van der Waals surface area contributed by atoms with E-state index in [1.807, 2.05) is 18.2 Å². The molecular weight excluding hydrogens is 427 g/mol. The minimum atomic E-state index is -0.498. The molecule has 1 aliphatic heterocycles. The Morgan fingerprint density at radius 1 is 1.18 bits per heavy atom. The molecule has 1 aliphatic rings. The number of benzene rings is 2. The van der Waals surface area contributed by atoms with Gasteiger partial charge in [0.1, 0.15) is 18.1 Å². The maximum absolute atomic E-state index is 14.5. The molecule has 0 saturated heterocycles. The average Bonchev–Trinajstić information content (AvgIpc) is 3.27. The van der Waals surface area contributed by atoms with Gasteiger partial charge in [-0.15, -0.1) is 0 Å². The number of amides is 3. The summed E-state index contributed by atoms with van der Waals surface area (Å²) in [6, 6.07) is 12.8. The molecule has 8 nitrogen and oxygen atoms in total. The van der Waals surface area contributed by atoms with E-state index in [0.717, 1.165) is 5.56 Å². The Balaban J connectivity index is 1.94. The zero-order valence-corrected chi connectivity index (χ0v) is 19.1. The fourth-order valence-corrected chi connectivity index (χ4v) is 3.73. The summed E-state index contributed by atoms with van der Waals surface area (Å²) >= 11 is 0. The van der Waals surface area contributed by atoms with E-state index >= 15 is 0 Å². The van der Waals surface area contributed by atoms with Gasteiger partial charge in [-0.3, -0.25) is 4.79 Å². The molecule has 176 valence electrons. The molecule has 33 heavy (non-hydrogen) atoms. The summed E-state index contributed by atoms with van der Waals surface area (Å²) in [6.45, 7) is 2.56. The highest BCUT2D eigenvalue weighted by molar-refractivity contribution is 6.03. The number of ether oxygens (including phenoxy) is 2. The molecule has 0 unspecified atom stereocenters. The van der Waals surface area contributed by atoms with Gasteiger partial charge >= 0.3 is 6.03 Å². The van der Waals surface area contributed by atoms with Crippen molar-refractivity contribution in [2.75, 3.05) is 40.5 Å². The molecule has 1 N–H and O–H groups in total. The van der Waals surface area contributed by atoms with Crippen molar-refractivity contribution >= 4 is 17.6 Å². The number of halogens is 1. The van der Waals surface area contributed by atoms with Crippen LogP contribution in [-0.4, -0.2) is 68.0 Å². The number of nitrogens with one attached hydrogen (secondary N) is 1. The molecule has 0 bridgehead atoms. The summed E-state index contributed by atoms with van der Waals surface area (Å²) in [5.74, 6) is -0.196. The Morgan fingerprint density at radius 2 is 1.91 bits per heavy atom. The van der Waals surface area contributed by atoms with Gasteiger partial charge in [0, 0.05) is 37.7 Å². The van der Waals surface area contributed by atoms with Gasteiger partial charge < -0.3 is 19.7 Å². The average molecular weight is 457 g/mol. The quantitative estimate of drug-likeness (QED) is 0.628. The first kappa shape index (κ1) is 24.2. The minimum Gasteiger partial charge on any atom is -0.496 e. The van der Waals surface area contributed by atoms with Gasteiger partial charge in [-0.2, -0.15) is 5.10 Å². The van der Waals surface area contributed by atoms with Crippen molar-refractivity contribution in [2.24, 2.45) is 5.10 Å². The van der Waals surface area contributed by atoms with Gasteiger partial charge in [-0.05, 0) is 19.1 Å². The molecule has 1 atom stereocenters. The van der Waals surface area contributed by atoms with Crippen molar-refractivity contribution < 1.29 is 23.5 Å². The van der Waals surface area contributed by atoms with Crippen molar-refractivity contribution in [2.45, 2.75) is 19.4 Å². The zero-order valence-electron chi connectivity index (χ0n) is 19.1. The van der Waals surface area contributed by atoms with Crippen LogP contribution in [0.25, 0.3) is 0 Å². The highest BCUT2D eigenvalue weighted by atomic mass is 19.1. The normalized spacial score (nSPS) is 15.2. The second-order valence-corrected chi connectivity index (χ2v) is 7.48. The molecule has 1 heterocycles. The molecule has 0 aromatic heterocycles. The largest absolute Gasteiger partial charge is 0.496 e. The fraction of sp³-hybridized carbons (Fsp3) is 0.375. The van der Waals surface area contributed by atoms with E-state index in [0.29, 0.717) is 30.0 Å². The smallest absolute Gasteiger partial charge is 0.317 e. The summed E-state index contributed by atoms with van der Waals surface area (Å²) in [7, 11) is 3.08. The van der Waals surface area contributed by atoms with E-state index in [2.05, 4.69) is 10.4 Å². The molecule has 0 fully saturated rings. The first-order chi connectivity index (χ1) is 16.0. The van der Waals surface area contributed by atoms with Gasteiger partial charge in [-0.1, -0.05) is 36.4 Å². The van der Waals surface area contributed by atoms with Crippen LogP contribution in [0.15, 0.2) is 53.6 Å². The number of hydrogen-bond donors (Lipinski definition) is 1. The standard InChI is InChI=1S/C24H29FN4O4/c1-4-26-24(31)28(13-14-32-2)16-23(30)29-21(18-10-6-8-12-22(18)33-3)15-20(27-29)17-9-5-7-11-19(17)25/h5-12,21H,4,13-16H2,1-3H3,(H,26,31)/t21-/m0/s1. The fourth-order valence-electron chi connectivity index (χ4n) is 3.73. The molecule has 0 aliphatic carbocycles. The number of nitrogens with zero attached hydrogens (tertiary/aromatic N) is 3. The van der Waals surface area contributed by atoms with E-state index in [1.165, 1.54) is 23.1 Å². The number of urea groups is 1. The maximum Gasteiger partial charge on any atom is 0.317 e. The van der Waals surface area contributed by atoms with Crippen LogP contribution >= 0.6 is 0 Å². The summed E-state index contributed by atoms with van der Waals surface area (Å²) in [6.07, 6.45) is 0.312. The molecular formula is C24H29FN4O4. The highest BCUT2D eigenvalue weighted by Crippen LogP contribution is 2.37. The number of carbonyl (C=O) groups excluding carboxylic acids is 2. The molecule has 0 spiro atoms. The van der Waals surface area contributed by atoms with E-state index in [1.54, 1.807) is 38.3 Å². The predicted molar refractivity (Wildman–Crippen MR) is 123 cm³/mol.